The molecule has 5 heteroatoms. The van der Waals surface area contributed by atoms with E-state index in [9.17, 15) is 0 Å². The van der Waals surface area contributed by atoms with Crippen LogP contribution in [0, 0.1) is 0 Å². The number of hydrogen-bond donors (Lipinski definition) is 1. The fourth-order valence-electron chi connectivity index (χ4n) is 2.02. The zero-order valence-electron chi connectivity index (χ0n) is 10.6. The van der Waals surface area contributed by atoms with E-state index in [2.05, 4.69) is 22.3 Å². The van der Waals surface area contributed by atoms with Gasteiger partial charge in [-0.25, -0.2) is 4.98 Å². The summed E-state index contributed by atoms with van der Waals surface area (Å²) in [5.41, 5.74) is 2.18. The minimum Gasteiger partial charge on any atom is -0.340 e. The molecule has 0 fully saturated rings. The van der Waals surface area contributed by atoms with Gasteiger partial charge in [0.05, 0.1) is 23.8 Å². The average molecular weight is 233 g/mol. The molecular weight excluding hydrogens is 214 g/mol. The number of nitrogens with zero attached hydrogens (tertiary/aromatic N) is 4. The van der Waals surface area contributed by atoms with Crippen molar-refractivity contribution in [3.8, 4) is 0 Å². The third kappa shape index (κ3) is 2.39. The Morgan fingerprint density at radius 3 is 2.88 bits per heavy atom. The Morgan fingerprint density at radius 1 is 1.47 bits per heavy atom. The van der Waals surface area contributed by atoms with Gasteiger partial charge in [-0.3, -0.25) is 4.68 Å². The van der Waals surface area contributed by atoms with Crippen LogP contribution in [0.2, 0.25) is 0 Å². The van der Waals surface area contributed by atoms with Gasteiger partial charge >= 0.3 is 0 Å². The van der Waals surface area contributed by atoms with E-state index in [1.807, 2.05) is 48.1 Å². The highest BCUT2D eigenvalue weighted by Crippen LogP contribution is 2.19. The molecule has 0 spiro atoms. The van der Waals surface area contributed by atoms with Crippen molar-refractivity contribution in [1.29, 1.82) is 0 Å². The first-order valence-electron chi connectivity index (χ1n) is 5.93. The summed E-state index contributed by atoms with van der Waals surface area (Å²) in [6.45, 7) is 3.09. The fourth-order valence-corrected chi connectivity index (χ4v) is 2.02. The number of aryl methyl sites for hydroxylation is 2. The van der Waals surface area contributed by atoms with Crippen molar-refractivity contribution in [3.05, 3.63) is 36.2 Å². The molecule has 0 saturated heterocycles. The van der Waals surface area contributed by atoms with Gasteiger partial charge < -0.3 is 9.88 Å². The highest BCUT2D eigenvalue weighted by atomic mass is 15.3. The molecule has 0 radical (unpaired) electrons. The lowest BCUT2D eigenvalue weighted by atomic mass is 10.1. The molecule has 0 amide bonds. The molecule has 0 bridgehead atoms. The molecule has 2 aromatic heterocycles. The normalized spacial score (nSPS) is 12.9. The summed E-state index contributed by atoms with van der Waals surface area (Å²) >= 11 is 0. The summed E-state index contributed by atoms with van der Waals surface area (Å²) in [7, 11) is 3.93. The molecule has 5 nitrogen and oxygen atoms in total. The van der Waals surface area contributed by atoms with Crippen LogP contribution in [-0.2, 0) is 13.6 Å². The average Bonchev–Trinajstić information content (AvgIpc) is 2.91. The molecule has 1 unspecified atom stereocenters. The van der Waals surface area contributed by atoms with Crippen LogP contribution in [-0.4, -0.2) is 26.4 Å². The lowest BCUT2D eigenvalue weighted by Gasteiger charge is -2.15. The quantitative estimate of drug-likeness (QED) is 0.847. The van der Waals surface area contributed by atoms with E-state index in [-0.39, 0.29) is 6.04 Å². The zero-order valence-corrected chi connectivity index (χ0v) is 10.6. The molecule has 2 aromatic rings. The molecular formula is C12H19N5. The first kappa shape index (κ1) is 11.9. The van der Waals surface area contributed by atoms with E-state index in [1.165, 1.54) is 0 Å². The molecule has 2 heterocycles. The van der Waals surface area contributed by atoms with E-state index < -0.39 is 0 Å². The first-order valence-corrected chi connectivity index (χ1v) is 5.93. The molecule has 0 aliphatic carbocycles. The second-order valence-electron chi connectivity index (χ2n) is 4.16. The lowest BCUT2D eigenvalue weighted by Crippen LogP contribution is -2.22. The minimum atomic E-state index is 0.102. The monoisotopic (exact) mass is 233 g/mol. The number of hydrogen-bond acceptors (Lipinski definition) is 3. The summed E-state index contributed by atoms with van der Waals surface area (Å²) in [4.78, 5) is 4.40. The topological polar surface area (TPSA) is 47.7 Å². The van der Waals surface area contributed by atoms with E-state index in [4.69, 9.17) is 0 Å². The van der Waals surface area contributed by atoms with Crippen molar-refractivity contribution in [1.82, 2.24) is 24.6 Å². The highest BCUT2D eigenvalue weighted by molar-refractivity contribution is 5.19. The molecule has 92 valence electrons. The second kappa shape index (κ2) is 5.14. The van der Waals surface area contributed by atoms with Crippen molar-refractivity contribution >= 4 is 0 Å². The predicted octanol–water partition coefficient (Wildman–Crippen LogP) is 1.34. The first-order chi connectivity index (χ1) is 8.26. The third-order valence-electron chi connectivity index (χ3n) is 2.79. The maximum Gasteiger partial charge on any atom is 0.0947 e. The van der Waals surface area contributed by atoms with Crippen LogP contribution in [0.4, 0.5) is 0 Å². The van der Waals surface area contributed by atoms with Crippen molar-refractivity contribution < 1.29 is 0 Å². The predicted molar refractivity (Wildman–Crippen MR) is 66.6 cm³/mol. The van der Waals surface area contributed by atoms with Crippen LogP contribution in [0.1, 0.15) is 30.8 Å². The van der Waals surface area contributed by atoms with Gasteiger partial charge in [0.2, 0.25) is 0 Å². The largest absolute Gasteiger partial charge is 0.340 e. The number of rotatable bonds is 5. The van der Waals surface area contributed by atoms with E-state index in [0.717, 1.165) is 24.4 Å². The van der Waals surface area contributed by atoms with Gasteiger partial charge in [-0.1, -0.05) is 6.92 Å². The van der Waals surface area contributed by atoms with Crippen molar-refractivity contribution in [3.63, 3.8) is 0 Å². The van der Waals surface area contributed by atoms with Crippen molar-refractivity contribution in [2.45, 2.75) is 25.9 Å². The summed E-state index contributed by atoms with van der Waals surface area (Å²) in [6.07, 6.45) is 6.77. The van der Waals surface area contributed by atoms with Gasteiger partial charge in [0.25, 0.3) is 0 Å². The van der Waals surface area contributed by atoms with E-state index >= 15 is 0 Å². The molecule has 0 aliphatic heterocycles. The Labute approximate surface area is 101 Å². The molecule has 0 aliphatic rings. The van der Waals surface area contributed by atoms with Crippen LogP contribution in [0.15, 0.2) is 24.8 Å². The zero-order chi connectivity index (χ0) is 12.3. The van der Waals surface area contributed by atoms with Crippen LogP contribution < -0.4 is 5.32 Å². The number of aromatic nitrogens is 4. The SMILES string of the molecule is CCCn1nccc1C(NC)c1cn(C)cn1. The molecule has 0 aromatic carbocycles. The summed E-state index contributed by atoms with van der Waals surface area (Å²) in [6, 6.07) is 2.15. The van der Waals surface area contributed by atoms with Gasteiger partial charge in [0.15, 0.2) is 0 Å². The maximum atomic E-state index is 4.40. The molecule has 1 N–H and O–H groups in total. The van der Waals surface area contributed by atoms with Crippen LogP contribution in [0.5, 0.6) is 0 Å². The Kier molecular flexibility index (Phi) is 3.58. The Balaban J connectivity index is 2.31. The molecule has 1 atom stereocenters. The molecule has 0 saturated carbocycles. The Morgan fingerprint density at radius 2 is 2.29 bits per heavy atom. The third-order valence-corrected chi connectivity index (χ3v) is 2.79. The Bertz CT molecular complexity index is 471. The summed E-state index contributed by atoms with van der Waals surface area (Å²) in [5, 5.41) is 7.65. The fraction of sp³-hybridized carbons (Fsp3) is 0.500. The minimum absolute atomic E-state index is 0.102. The van der Waals surface area contributed by atoms with Crippen molar-refractivity contribution in [2.24, 2.45) is 7.05 Å². The van der Waals surface area contributed by atoms with E-state index in [0.29, 0.717) is 0 Å². The number of imidazole rings is 1. The molecule has 17 heavy (non-hydrogen) atoms. The van der Waals surface area contributed by atoms with Gasteiger partial charge in [0, 0.05) is 26.0 Å². The van der Waals surface area contributed by atoms with Gasteiger partial charge in [-0.15, -0.1) is 0 Å². The maximum absolute atomic E-state index is 4.40. The summed E-state index contributed by atoms with van der Waals surface area (Å²) in [5.74, 6) is 0. The van der Waals surface area contributed by atoms with Gasteiger partial charge in [-0.05, 0) is 19.5 Å². The van der Waals surface area contributed by atoms with Gasteiger partial charge in [0.1, 0.15) is 0 Å². The lowest BCUT2D eigenvalue weighted by molar-refractivity contribution is 0.530. The van der Waals surface area contributed by atoms with Gasteiger partial charge in [-0.2, -0.15) is 5.10 Å². The van der Waals surface area contributed by atoms with E-state index in [1.54, 1.807) is 0 Å². The Hall–Kier alpha value is -1.62. The van der Waals surface area contributed by atoms with Crippen LogP contribution in [0.3, 0.4) is 0 Å². The smallest absolute Gasteiger partial charge is 0.0947 e. The number of nitrogens with one attached hydrogen (secondary N) is 1. The molecule has 2 rings (SSSR count). The second-order valence-corrected chi connectivity index (χ2v) is 4.16. The standard InChI is InChI=1S/C12H19N5/c1-4-7-17-11(5-6-15-17)12(13-2)10-8-16(3)9-14-10/h5-6,8-9,12-13H,4,7H2,1-3H3. The summed E-state index contributed by atoms with van der Waals surface area (Å²) < 4.78 is 4.00. The van der Waals surface area contributed by atoms with Crippen LogP contribution in [0.25, 0.3) is 0 Å². The van der Waals surface area contributed by atoms with Crippen LogP contribution >= 0.6 is 0 Å². The van der Waals surface area contributed by atoms with Crippen molar-refractivity contribution in [2.75, 3.05) is 7.05 Å². The highest BCUT2D eigenvalue weighted by Gasteiger charge is 2.18.